The van der Waals surface area contributed by atoms with Crippen LogP contribution < -0.4 is 0 Å². The minimum Gasteiger partial charge on any atom is -0.455 e. The zero-order valence-corrected chi connectivity index (χ0v) is 8.65. The fourth-order valence-electron chi connectivity index (χ4n) is 1.47. The second kappa shape index (κ2) is 3.73. The van der Waals surface area contributed by atoms with Gasteiger partial charge < -0.3 is 9.72 Å². The number of esters is 1. The lowest BCUT2D eigenvalue weighted by Crippen LogP contribution is -2.06. The Kier molecular flexibility index (Phi) is 2.41. The maximum atomic E-state index is 10.8. The molecule has 0 saturated carbocycles. The van der Waals surface area contributed by atoms with E-state index in [0.29, 0.717) is 5.82 Å². The van der Waals surface area contributed by atoms with Gasteiger partial charge in [-0.15, -0.1) is 0 Å². The first-order valence-corrected chi connectivity index (χ1v) is 4.78. The Morgan fingerprint density at radius 3 is 2.87 bits per heavy atom. The molecule has 0 aliphatic heterocycles. The van der Waals surface area contributed by atoms with Crippen LogP contribution in [0.15, 0.2) is 24.3 Å². The number of benzene rings is 1. The van der Waals surface area contributed by atoms with Crippen LogP contribution >= 0.6 is 0 Å². The van der Waals surface area contributed by atoms with Crippen molar-refractivity contribution >= 4 is 17.0 Å². The summed E-state index contributed by atoms with van der Waals surface area (Å²) in [4.78, 5) is 18.2. The predicted octanol–water partition coefficient (Wildman–Crippen LogP) is 2.19. The zero-order chi connectivity index (χ0) is 10.8. The highest BCUT2D eigenvalue weighted by Gasteiger charge is 2.12. The third kappa shape index (κ3) is 1.98. The molecule has 4 nitrogen and oxygen atoms in total. The number of rotatable bonds is 2. The van der Waals surface area contributed by atoms with Crippen molar-refractivity contribution in [1.82, 2.24) is 9.97 Å². The number of H-pyrrole nitrogens is 1. The molecule has 1 aromatic carbocycles. The third-order valence-electron chi connectivity index (χ3n) is 2.14. The first-order chi connectivity index (χ1) is 7.16. The summed E-state index contributed by atoms with van der Waals surface area (Å²) in [5.74, 6) is 0.370. The van der Waals surface area contributed by atoms with E-state index in [4.69, 9.17) is 4.74 Å². The standard InChI is InChI=1S/C11H12N2O2/c1-7(15-8(2)14)11-12-9-5-3-4-6-10(9)13-11/h3-7H,1-2H3,(H,12,13). The van der Waals surface area contributed by atoms with Crippen LogP contribution in [-0.2, 0) is 9.53 Å². The van der Waals surface area contributed by atoms with Gasteiger partial charge in [0.1, 0.15) is 5.82 Å². The molecule has 0 amide bonds. The van der Waals surface area contributed by atoms with Gasteiger partial charge in [-0.2, -0.15) is 0 Å². The molecule has 0 bridgehead atoms. The normalized spacial score (nSPS) is 12.7. The summed E-state index contributed by atoms with van der Waals surface area (Å²) in [5, 5.41) is 0. The largest absolute Gasteiger partial charge is 0.455 e. The van der Waals surface area contributed by atoms with Crippen LogP contribution in [0.1, 0.15) is 25.8 Å². The van der Waals surface area contributed by atoms with Crippen LogP contribution in [0.3, 0.4) is 0 Å². The Morgan fingerprint density at radius 1 is 1.47 bits per heavy atom. The molecule has 0 aliphatic carbocycles. The summed E-state index contributed by atoms with van der Waals surface area (Å²) in [6.07, 6.45) is -0.338. The highest BCUT2D eigenvalue weighted by molar-refractivity contribution is 5.75. The van der Waals surface area contributed by atoms with E-state index in [1.54, 1.807) is 6.92 Å². The first-order valence-electron chi connectivity index (χ1n) is 4.78. The lowest BCUT2D eigenvalue weighted by atomic mass is 10.3. The fourth-order valence-corrected chi connectivity index (χ4v) is 1.47. The van der Waals surface area contributed by atoms with Crippen LogP contribution in [-0.4, -0.2) is 15.9 Å². The molecule has 0 spiro atoms. The van der Waals surface area contributed by atoms with Gasteiger partial charge in [-0.05, 0) is 19.1 Å². The van der Waals surface area contributed by atoms with Gasteiger partial charge in [0.2, 0.25) is 0 Å². The van der Waals surface area contributed by atoms with Crippen LogP contribution in [0.2, 0.25) is 0 Å². The molecule has 0 aliphatic rings. The molecule has 1 atom stereocenters. The Labute approximate surface area is 87.3 Å². The summed E-state index contributed by atoms with van der Waals surface area (Å²) >= 11 is 0. The number of nitrogens with zero attached hydrogens (tertiary/aromatic N) is 1. The van der Waals surface area contributed by atoms with Crippen molar-refractivity contribution in [3.05, 3.63) is 30.1 Å². The van der Waals surface area contributed by atoms with E-state index in [1.165, 1.54) is 6.92 Å². The van der Waals surface area contributed by atoms with E-state index in [0.717, 1.165) is 11.0 Å². The molecular formula is C11H12N2O2. The molecular weight excluding hydrogens is 192 g/mol. The minimum atomic E-state index is -0.338. The number of aromatic amines is 1. The summed E-state index contributed by atoms with van der Waals surface area (Å²) in [6.45, 7) is 3.18. The van der Waals surface area contributed by atoms with Gasteiger partial charge in [0.15, 0.2) is 6.10 Å². The molecule has 1 unspecified atom stereocenters. The van der Waals surface area contributed by atoms with Crippen molar-refractivity contribution in [2.75, 3.05) is 0 Å². The zero-order valence-electron chi connectivity index (χ0n) is 8.65. The second-order valence-electron chi connectivity index (χ2n) is 3.39. The molecule has 1 heterocycles. The van der Waals surface area contributed by atoms with Crippen LogP contribution in [0.4, 0.5) is 0 Å². The Hall–Kier alpha value is -1.84. The van der Waals surface area contributed by atoms with E-state index in [9.17, 15) is 4.79 Å². The van der Waals surface area contributed by atoms with Gasteiger partial charge in [-0.1, -0.05) is 12.1 Å². The van der Waals surface area contributed by atoms with Crippen LogP contribution in [0.25, 0.3) is 11.0 Å². The molecule has 78 valence electrons. The van der Waals surface area contributed by atoms with Gasteiger partial charge >= 0.3 is 5.97 Å². The van der Waals surface area contributed by atoms with Crippen LogP contribution in [0.5, 0.6) is 0 Å². The monoisotopic (exact) mass is 204 g/mol. The van der Waals surface area contributed by atoms with Gasteiger partial charge in [0, 0.05) is 6.92 Å². The Bertz CT molecular complexity index is 457. The molecule has 2 rings (SSSR count). The Balaban J connectivity index is 2.32. The van der Waals surface area contributed by atoms with Crippen molar-refractivity contribution in [2.24, 2.45) is 0 Å². The lowest BCUT2D eigenvalue weighted by Gasteiger charge is -2.07. The lowest BCUT2D eigenvalue weighted by molar-refractivity contribution is -0.146. The summed E-state index contributed by atoms with van der Waals surface area (Å²) < 4.78 is 5.03. The van der Waals surface area contributed by atoms with Crippen LogP contribution in [0, 0.1) is 0 Å². The number of nitrogens with one attached hydrogen (secondary N) is 1. The number of para-hydroxylation sites is 2. The predicted molar refractivity (Wildman–Crippen MR) is 56.3 cm³/mol. The topological polar surface area (TPSA) is 55.0 Å². The first kappa shape index (κ1) is 9.71. The molecule has 2 aromatic rings. The van der Waals surface area contributed by atoms with E-state index in [1.807, 2.05) is 24.3 Å². The number of imidazole rings is 1. The third-order valence-corrected chi connectivity index (χ3v) is 2.14. The minimum absolute atomic E-state index is 0.303. The molecule has 1 aromatic heterocycles. The van der Waals surface area contributed by atoms with Gasteiger partial charge in [-0.3, -0.25) is 4.79 Å². The van der Waals surface area contributed by atoms with E-state index >= 15 is 0 Å². The number of carbonyl (C=O) groups excluding carboxylic acids is 1. The van der Waals surface area contributed by atoms with Crippen molar-refractivity contribution in [1.29, 1.82) is 0 Å². The number of hydrogen-bond acceptors (Lipinski definition) is 3. The van der Waals surface area contributed by atoms with Gasteiger partial charge in [-0.25, -0.2) is 4.98 Å². The summed E-state index contributed by atoms with van der Waals surface area (Å²) in [7, 11) is 0. The number of carbonyl (C=O) groups is 1. The summed E-state index contributed by atoms with van der Waals surface area (Å²) in [6, 6.07) is 7.70. The molecule has 0 saturated heterocycles. The SMILES string of the molecule is CC(=O)OC(C)c1nc2ccccc2[nH]1. The number of aromatic nitrogens is 2. The van der Waals surface area contributed by atoms with E-state index in [2.05, 4.69) is 9.97 Å². The summed E-state index contributed by atoms with van der Waals surface area (Å²) in [5.41, 5.74) is 1.83. The highest BCUT2D eigenvalue weighted by atomic mass is 16.5. The van der Waals surface area contributed by atoms with Gasteiger partial charge in [0.05, 0.1) is 11.0 Å². The fraction of sp³-hybridized carbons (Fsp3) is 0.273. The van der Waals surface area contributed by atoms with Gasteiger partial charge in [0.25, 0.3) is 0 Å². The van der Waals surface area contributed by atoms with Crippen molar-refractivity contribution in [2.45, 2.75) is 20.0 Å². The van der Waals surface area contributed by atoms with E-state index in [-0.39, 0.29) is 12.1 Å². The molecule has 0 radical (unpaired) electrons. The number of hydrogen-bond donors (Lipinski definition) is 1. The smallest absolute Gasteiger partial charge is 0.303 e. The quantitative estimate of drug-likeness (QED) is 0.763. The average Bonchev–Trinajstić information content (AvgIpc) is 2.59. The molecule has 4 heteroatoms. The maximum absolute atomic E-state index is 10.8. The van der Waals surface area contributed by atoms with E-state index < -0.39 is 0 Å². The molecule has 15 heavy (non-hydrogen) atoms. The highest BCUT2D eigenvalue weighted by Crippen LogP contribution is 2.17. The number of ether oxygens (including phenoxy) is 1. The number of fused-ring (bicyclic) bond motifs is 1. The molecule has 1 N–H and O–H groups in total. The van der Waals surface area contributed by atoms with Crippen molar-refractivity contribution in [3.8, 4) is 0 Å². The maximum Gasteiger partial charge on any atom is 0.303 e. The van der Waals surface area contributed by atoms with Crippen molar-refractivity contribution in [3.63, 3.8) is 0 Å². The Morgan fingerprint density at radius 2 is 2.20 bits per heavy atom. The second-order valence-corrected chi connectivity index (χ2v) is 3.39. The average molecular weight is 204 g/mol. The molecule has 0 fully saturated rings. The van der Waals surface area contributed by atoms with Crippen molar-refractivity contribution < 1.29 is 9.53 Å².